The molecule has 0 fully saturated rings. The zero-order valence-corrected chi connectivity index (χ0v) is 12.3. The zero-order chi connectivity index (χ0) is 15.5. The number of ether oxygens (including phenoxy) is 2. The van der Waals surface area contributed by atoms with Crippen molar-refractivity contribution in [2.24, 2.45) is 5.73 Å². The smallest absolute Gasteiger partial charge is 0.240 e. The molecular weight excluding hydrogens is 280 g/mol. The van der Waals surface area contributed by atoms with E-state index in [1.807, 2.05) is 18.2 Å². The molecule has 1 aliphatic heterocycles. The van der Waals surface area contributed by atoms with Gasteiger partial charge in [-0.15, -0.1) is 0 Å². The number of rotatable bonds is 4. The lowest BCUT2D eigenvalue weighted by atomic mass is 10.1. The Hall–Kier alpha value is -2.37. The third-order valence-electron chi connectivity index (χ3n) is 3.46. The summed E-state index contributed by atoms with van der Waals surface area (Å²) in [4.78, 5) is 11.5. The van der Waals surface area contributed by atoms with E-state index in [2.05, 4.69) is 5.32 Å². The van der Waals surface area contributed by atoms with Gasteiger partial charge in [0.2, 0.25) is 5.91 Å². The van der Waals surface area contributed by atoms with E-state index in [4.69, 9.17) is 15.2 Å². The molecule has 3 rings (SSSR count). The maximum absolute atomic E-state index is 11.5. The van der Waals surface area contributed by atoms with Gasteiger partial charge in [0.25, 0.3) is 0 Å². The number of nitrogens with two attached hydrogens (primary N) is 1. The summed E-state index contributed by atoms with van der Waals surface area (Å²) in [5.41, 5.74) is 8.58. The van der Waals surface area contributed by atoms with Gasteiger partial charge in [-0.25, -0.2) is 0 Å². The van der Waals surface area contributed by atoms with Gasteiger partial charge in [-0.1, -0.05) is 6.07 Å². The third kappa shape index (κ3) is 3.27. The SMILES string of the molecule is C[C@@H](N)C(=O)Nc1ccc(Oc2ccc3c(c2)COC3)cc1. The molecule has 5 heteroatoms. The molecule has 0 bridgehead atoms. The second kappa shape index (κ2) is 6.17. The number of carbonyl (C=O) groups excluding carboxylic acids is 1. The fourth-order valence-corrected chi connectivity index (χ4v) is 2.21. The van der Waals surface area contributed by atoms with Crippen LogP contribution >= 0.6 is 0 Å². The summed E-state index contributed by atoms with van der Waals surface area (Å²) >= 11 is 0. The molecule has 1 atom stereocenters. The van der Waals surface area contributed by atoms with Gasteiger partial charge in [-0.2, -0.15) is 0 Å². The molecule has 22 heavy (non-hydrogen) atoms. The van der Waals surface area contributed by atoms with E-state index in [9.17, 15) is 4.79 Å². The Labute approximate surface area is 129 Å². The summed E-state index contributed by atoms with van der Waals surface area (Å²) in [5.74, 6) is 1.27. The van der Waals surface area contributed by atoms with Crippen molar-refractivity contribution < 1.29 is 14.3 Å². The van der Waals surface area contributed by atoms with Crippen molar-refractivity contribution >= 4 is 11.6 Å². The van der Waals surface area contributed by atoms with Crippen LogP contribution in [0.3, 0.4) is 0 Å². The van der Waals surface area contributed by atoms with Crippen molar-refractivity contribution in [3.63, 3.8) is 0 Å². The van der Waals surface area contributed by atoms with Crippen LogP contribution in [0, 0.1) is 0 Å². The Bertz CT molecular complexity index is 681. The van der Waals surface area contributed by atoms with Gasteiger partial charge in [0, 0.05) is 5.69 Å². The number of hydrogen-bond donors (Lipinski definition) is 2. The van der Waals surface area contributed by atoms with Crippen molar-refractivity contribution in [3.05, 3.63) is 53.6 Å². The molecule has 0 aromatic heterocycles. The van der Waals surface area contributed by atoms with E-state index in [0.717, 1.165) is 5.75 Å². The average molecular weight is 298 g/mol. The van der Waals surface area contributed by atoms with Crippen LogP contribution < -0.4 is 15.8 Å². The van der Waals surface area contributed by atoms with Gasteiger partial charge < -0.3 is 20.5 Å². The van der Waals surface area contributed by atoms with Crippen molar-refractivity contribution in [3.8, 4) is 11.5 Å². The average Bonchev–Trinajstić information content (AvgIpc) is 2.96. The number of hydrogen-bond acceptors (Lipinski definition) is 4. The molecule has 5 nitrogen and oxygen atoms in total. The molecule has 0 saturated carbocycles. The highest BCUT2D eigenvalue weighted by Crippen LogP contribution is 2.28. The van der Waals surface area contributed by atoms with E-state index in [0.29, 0.717) is 24.7 Å². The Balaban J connectivity index is 1.67. The molecule has 2 aromatic rings. The fourth-order valence-electron chi connectivity index (χ4n) is 2.21. The zero-order valence-electron chi connectivity index (χ0n) is 12.3. The van der Waals surface area contributed by atoms with Crippen LogP contribution in [0.2, 0.25) is 0 Å². The number of benzene rings is 2. The Morgan fingerprint density at radius 1 is 1.14 bits per heavy atom. The number of carbonyl (C=O) groups is 1. The molecular formula is C17H18N2O3. The van der Waals surface area contributed by atoms with Crippen LogP contribution in [0.4, 0.5) is 5.69 Å². The normalized spacial score (nSPS) is 14.3. The first-order valence-corrected chi connectivity index (χ1v) is 7.16. The van der Waals surface area contributed by atoms with Crippen molar-refractivity contribution in [1.82, 2.24) is 0 Å². The number of nitrogens with one attached hydrogen (secondary N) is 1. The minimum Gasteiger partial charge on any atom is -0.457 e. The van der Waals surface area contributed by atoms with Crippen LogP contribution in [-0.2, 0) is 22.7 Å². The second-order valence-corrected chi connectivity index (χ2v) is 5.33. The van der Waals surface area contributed by atoms with Gasteiger partial charge in [0.05, 0.1) is 19.3 Å². The first-order chi connectivity index (χ1) is 10.6. The van der Waals surface area contributed by atoms with Crippen LogP contribution in [0.1, 0.15) is 18.1 Å². The fraction of sp³-hybridized carbons (Fsp3) is 0.235. The first kappa shape index (κ1) is 14.6. The van der Waals surface area contributed by atoms with Gasteiger partial charge >= 0.3 is 0 Å². The van der Waals surface area contributed by atoms with Crippen molar-refractivity contribution in [1.29, 1.82) is 0 Å². The van der Waals surface area contributed by atoms with E-state index in [-0.39, 0.29) is 5.91 Å². The Morgan fingerprint density at radius 2 is 1.82 bits per heavy atom. The number of amides is 1. The predicted molar refractivity (Wildman–Crippen MR) is 83.7 cm³/mol. The third-order valence-corrected chi connectivity index (χ3v) is 3.46. The second-order valence-electron chi connectivity index (χ2n) is 5.33. The summed E-state index contributed by atoms with van der Waals surface area (Å²) in [5, 5.41) is 2.73. The molecule has 1 heterocycles. The van der Waals surface area contributed by atoms with Gasteiger partial charge in [0.1, 0.15) is 11.5 Å². The quantitative estimate of drug-likeness (QED) is 0.910. The lowest BCUT2D eigenvalue weighted by molar-refractivity contribution is -0.117. The minimum absolute atomic E-state index is 0.215. The summed E-state index contributed by atoms with van der Waals surface area (Å²) in [6.45, 7) is 2.95. The largest absolute Gasteiger partial charge is 0.457 e. The molecule has 0 radical (unpaired) electrons. The van der Waals surface area contributed by atoms with E-state index >= 15 is 0 Å². The van der Waals surface area contributed by atoms with Crippen LogP contribution in [0.5, 0.6) is 11.5 Å². The lowest BCUT2D eigenvalue weighted by Crippen LogP contribution is -2.32. The van der Waals surface area contributed by atoms with E-state index < -0.39 is 6.04 Å². The molecule has 3 N–H and O–H groups in total. The van der Waals surface area contributed by atoms with Gasteiger partial charge in [-0.05, 0) is 54.4 Å². The summed E-state index contributed by atoms with van der Waals surface area (Å²) in [6, 6.07) is 12.6. The molecule has 1 aliphatic rings. The molecule has 2 aromatic carbocycles. The minimum atomic E-state index is -0.537. The van der Waals surface area contributed by atoms with Crippen LogP contribution in [0.25, 0.3) is 0 Å². The lowest BCUT2D eigenvalue weighted by Gasteiger charge is -2.10. The van der Waals surface area contributed by atoms with Crippen LogP contribution in [0.15, 0.2) is 42.5 Å². The van der Waals surface area contributed by atoms with Gasteiger partial charge in [-0.3, -0.25) is 4.79 Å². The molecule has 0 aliphatic carbocycles. The Kier molecular flexibility index (Phi) is 4.09. The molecule has 114 valence electrons. The summed E-state index contributed by atoms with van der Waals surface area (Å²) in [6.07, 6.45) is 0. The van der Waals surface area contributed by atoms with Gasteiger partial charge in [0.15, 0.2) is 0 Å². The number of fused-ring (bicyclic) bond motifs is 1. The van der Waals surface area contributed by atoms with E-state index in [1.54, 1.807) is 31.2 Å². The summed E-state index contributed by atoms with van der Waals surface area (Å²) < 4.78 is 11.2. The molecule has 1 amide bonds. The number of anilines is 1. The highest BCUT2D eigenvalue weighted by atomic mass is 16.5. The highest BCUT2D eigenvalue weighted by Gasteiger charge is 2.12. The molecule has 0 unspecified atom stereocenters. The standard InChI is InChI=1S/C17H18N2O3/c1-11(18)17(20)19-14-3-6-15(7-4-14)22-16-5-2-12-9-21-10-13(12)8-16/h2-8,11H,9-10,18H2,1H3,(H,19,20)/t11-/m1/s1. The maximum Gasteiger partial charge on any atom is 0.240 e. The van der Waals surface area contributed by atoms with E-state index in [1.165, 1.54) is 11.1 Å². The van der Waals surface area contributed by atoms with Crippen LogP contribution in [-0.4, -0.2) is 11.9 Å². The Morgan fingerprint density at radius 3 is 2.55 bits per heavy atom. The molecule has 0 saturated heterocycles. The first-order valence-electron chi connectivity index (χ1n) is 7.16. The predicted octanol–water partition coefficient (Wildman–Crippen LogP) is 2.79. The van der Waals surface area contributed by atoms with Crippen molar-refractivity contribution in [2.45, 2.75) is 26.2 Å². The maximum atomic E-state index is 11.5. The molecule has 0 spiro atoms. The summed E-state index contributed by atoms with van der Waals surface area (Å²) in [7, 11) is 0. The van der Waals surface area contributed by atoms with Crippen molar-refractivity contribution in [2.75, 3.05) is 5.32 Å². The topological polar surface area (TPSA) is 73.6 Å². The highest BCUT2D eigenvalue weighted by molar-refractivity contribution is 5.94. The monoisotopic (exact) mass is 298 g/mol.